The van der Waals surface area contributed by atoms with Gasteiger partial charge in [0.05, 0.1) is 21.8 Å². The molecule has 4 rings (SSSR count). The summed E-state index contributed by atoms with van der Waals surface area (Å²) in [5.74, 6) is -0.791. The van der Waals surface area contributed by atoms with Crippen LogP contribution in [0.1, 0.15) is 44.0 Å². The second-order valence-electron chi connectivity index (χ2n) is 8.60. The molecule has 1 aliphatic heterocycles. The van der Waals surface area contributed by atoms with Crippen LogP contribution in [-0.4, -0.2) is 17.7 Å². The summed E-state index contributed by atoms with van der Waals surface area (Å²) in [5, 5.41) is 3.22. The van der Waals surface area contributed by atoms with Gasteiger partial charge < -0.3 is 5.32 Å². The van der Waals surface area contributed by atoms with Crippen LogP contribution in [0, 0.1) is 16.7 Å². The number of carbonyl (C=O) groups excluding carboxylic acids is 3. The number of para-hydroxylation sites is 1. The molecule has 0 spiro atoms. The molecule has 1 saturated heterocycles. The second kappa shape index (κ2) is 6.70. The van der Waals surface area contributed by atoms with Gasteiger partial charge in [-0.2, -0.15) is 0 Å². The van der Waals surface area contributed by atoms with Gasteiger partial charge >= 0.3 is 0 Å². The number of nitrogens with one attached hydrogen (secondary N) is 1. The first-order valence-electron chi connectivity index (χ1n) is 9.71. The number of nitrogens with zero attached hydrogens (tertiary/aromatic N) is 1. The SMILES string of the molecule is CC1(C)[C@H]2CC[C@]1(C)C(=O)N(c1ccc(C(=O)Nc3ccccc3Cl)cc1)C2=O. The number of amides is 3. The number of imide groups is 1. The highest BCUT2D eigenvalue weighted by atomic mass is 35.5. The van der Waals surface area contributed by atoms with Crippen LogP contribution in [0.25, 0.3) is 0 Å². The largest absolute Gasteiger partial charge is 0.321 e. The van der Waals surface area contributed by atoms with Crippen molar-refractivity contribution >= 4 is 40.7 Å². The molecule has 2 aliphatic rings. The van der Waals surface area contributed by atoms with Crippen LogP contribution in [0.5, 0.6) is 0 Å². The van der Waals surface area contributed by atoms with Gasteiger partial charge in [0.1, 0.15) is 0 Å². The lowest BCUT2D eigenvalue weighted by molar-refractivity contribution is -0.146. The molecule has 2 bridgehead atoms. The van der Waals surface area contributed by atoms with Crippen molar-refractivity contribution in [1.82, 2.24) is 0 Å². The van der Waals surface area contributed by atoms with Crippen LogP contribution < -0.4 is 10.2 Å². The molecule has 2 atom stereocenters. The minimum atomic E-state index is -0.564. The van der Waals surface area contributed by atoms with Gasteiger partial charge in [0.25, 0.3) is 5.91 Å². The number of carbonyl (C=O) groups is 3. The highest BCUT2D eigenvalue weighted by Gasteiger charge is 2.64. The van der Waals surface area contributed by atoms with Crippen molar-refractivity contribution in [2.24, 2.45) is 16.7 Å². The Labute approximate surface area is 175 Å². The van der Waals surface area contributed by atoms with Crippen molar-refractivity contribution in [3.05, 3.63) is 59.1 Å². The topological polar surface area (TPSA) is 66.5 Å². The summed E-state index contributed by atoms with van der Waals surface area (Å²) in [6.45, 7) is 5.99. The average Bonchev–Trinajstić information content (AvgIpc) is 2.87. The Kier molecular flexibility index (Phi) is 4.54. The van der Waals surface area contributed by atoms with Gasteiger partial charge in [-0.15, -0.1) is 0 Å². The standard InChI is InChI=1S/C23H23ClN2O3/c1-22(2)16-12-13-23(22,3)21(29)26(20(16)28)15-10-8-14(9-11-15)19(27)25-18-7-5-4-6-17(18)24/h4-11,16H,12-13H2,1-3H3,(H,25,27)/t16-,23+/m0/s1. The van der Waals surface area contributed by atoms with E-state index in [4.69, 9.17) is 11.6 Å². The molecule has 1 saturated carbocycles. The molecule has 2 aromatic carbocycles. The maximum absolute atomic E-state index is 13.2. The van der Waals surface area contributed by atoms with Crippen molar-refractivity contribution in [3.63, 3.8) is 0 Å². The Morgan fingerprint density at radius 2 is 1.72 bits per heavy atom. The van der Waals surface area contributed by atoms with Crippen molar-refractivity contribution < 1.29 is 14.4 Å². The molecule has 2 aromatic rings. The normalized spacial score (nSPS) is 25.2. The van der Waals surface area contributed by atoms with Crippen LogP contribution in [0.15, 0.2) is 48.5 Å². The molecule has 1 N–H and O–H groups in total. The molecule has 2 fully saturated rings. The number of halogens is 1. The number of hydrogen-bond donors (Lipinski definition) is 1. The Balaban J connectivity index is 1.58. The zero-order valence-electron chi connectivity index (χ0n) is 16.7. The monoisotopic (exact) mass is 410 g/mol. The van der Waals surface area contributed by atoms with Crippen LogP contribution in [-0.2, 0) is 9.59 Å². The molecule has 3 amide bonds. The number of benzene rings is 2. The molecule has 150 valence electrons. The third-order valence-electron chi connectivity index (χ3n) is 6.93. The zero-order valence-corrected chi connectivity index (χ0v) is 17.4. The number of rotatable bonds is 3. The zero-order chi connectivity index (χ0) is 21.0. The predicted octanol–water partition coefficient (Wildman–Crippen LogP) is 4.91. The summed E-state index contributed by atoms with van der Waals surface area (Å²) in [5.41, 5.74) is 0.525. The lowest BCUT2D eigenvalue weighted by Gasteiger charge is -2.47. The van der Waals surface area contributed by atoms with E-state index >= 15 is 0 Å². The van der Waals surface area contributed by atoms with E-state index in [1.807, 2.05) is 20.8 Å². The maximum atomic E-state index is 13.2. The van der Waals surface area contributed by atoms with E-state index in [9.17, 15) is 14.4 Å². The highest BCUT2D eigenvalue weighted by Crippen LogP contribution is 2.60. The fourth-order valence-corrected chi connectivity index (χ4v) is 4.76. The van der Waals surface area contributed by atoms with E-state index in [-0.39, 0.29) is 29.1 Å². The molecule has 1 aliphatic carbocycles. The molecule has 29 heavy (non-hydrogen) atoms. The van der Waals surface area contributed by atoms with Gasteiger partial charge in [-0.05, 0) is 54.7 Å². The summed E-state index contributed by atoms with van der Waals surface area (Å²) in [6.07, 6.45) is 1.44. The molecule has 6 heteroatoms. The van der Waals surface area contributed by atoms with Gasteiger partial charge in [0.15, 0.2) is 0 Å². The van der Waals surface area contributed by atoms with Crippen molar-refractivity contribution in [1.29, 1.82) is 0 Å². The molecular weight excluding hydrogens is 388 g/mol. The van der Waals surface area contributed by atoms with E-state index in [0.717, 1.165) is 6.42 Å². The first-order valence-corrected chi connectivity index (χ1v) is 10.1. The van der Waals surface area contributed by atoms with Gasteiger partial charge in [0, 0.05) is 11.5 Å². The van der Waals surface area contributed by atoms with E-state index < -0.39 is 5.41 Å². The fraction of sp³-hybridized carbons (Fsp3) is 0.348. The summed E-state index contributed by atoms with van der Waals surface area (Å²) in [6, 6.07) is 13.5. The summed E-state index contributed by atoms with van der Waals surface area (Å²) in [7, 11) is 0. The van der Waals surface area contributed by atoms with E-state index in [1.54, 1.807) is 48.5 Å². The Morgan fingerprint density at radius 1 is 1.07 bits per heavy atom. The first-order chi connectivity index (χ1) is 13.7. The van der Waals surface area contributed by atoms with Crippen molar-refractivity contribution in [2.45, 2.75) is 33.6 Å². The Hall–Kier alpha value is -2.66. The van der Waals surface area contributed by atoms with Crippen LogP contribution in [0.2, 0.25) is 5.02 Å². The van der Waals surface area contributed by atoms with E-state index in [2.05, 4.69) is 5.32 Å². The highest BCUT2D eigenvalue weighted by molar-refractivity contribution is 6.33. The molecule has 1 heterocycles. The molecule has 0 unspecified atom stereocenters. The van der Waals surface area contributed by atoms with Crippen LogP contribution in [0.4, 0.5) is 11.4 Å². The van der Waals surface area contributed by atoms with E-state index in [1.165, 1.54) is 4.90 Å². The number of anilines is 2. The Morgan fingerprint density at radius 3 is 2.38 bits per heavy atom. The lowest BCUT2D eigenvalue weighted by Crippen LogP contribution is -2.59. The summed E-state index contributed by atoms with van der Waals surface area (Å²) < 4.78 is 0. The van der Waals surface area contributed by atoms with Gasteiger partial charge in [-0.25, -0.2) is 4.90 Å². The number of hydrogen-bond acceptors (Lipinski definition) is 3. The van der Waals surface area contributed by atoms with Crippen molar-refractivity contribution in [3.8, 4) is 0 Å². The smallest absolute Gasteiger partial charge is 0.255 e. The molecule has 5 nitrogen and oxygen atoms in total. The third kappa shape index (κ3) is 2.87. The maximum Gasteiger partial charge on any atom is 0.255 e. The van der Waals surface area contributed by atoms with Crippen LogP contribution >= 0.6 is 11.6 Å². The molecule has 0 aromatic heterocycles. The molecular formula is C23H23ClN2O3. The fourth-order valence-electron chi connectivity index (χ4n) is 4.58. The van der Waals surface area contributed by atoms with Gasteiger partial charge in [0.2, 0.25) is 11.8 Å². The van der Waals surface area contributed by atoms with Crippen molar-refractivity contribution in [2.75, 3.05) is 10.2 Å². The number of piperidine rings is 1. The quantitative estimate of drug-likeness (QED) is 0.731. The van der Waals surface area contributed by atoms with E-state index in [0.29, 0.717) is 28.4 Å². The summed E-state index contributed by atoms with van der Waals surface area (Å²) in [4.78, 5) is 40.1. The minimum Gasteiger partial charge on any atom is -0.321 e. The Bertz CT molecular complexity index is 1020. The van der Waals surface area contributed by atoms with Crippen LogP contribution in [0.3, 0.4) is 0 Å². The molecule has 0 radical (unpaired) electrons. The third-order valence-corrected chi connectivity index (χ3v) is 7.26. The van der Waals surface area contributed by atoms with Gasteiger partial charge in [-0.3, -0.25) is 14.4 Å². The lowest BCUT2D eigenvalue weighted by atomic mass is 9.62. The summed E-state index contributed by atoms with van der Waals surface area (Å²) >= 11 is 6.09. The predicted molar refractivity (Wildman–Crippen MR) is 113 cm³/mol. The minimum absolute atomic E-state index is 0.150. The second-order valence-corrected chi connectivity index (χ2v) is 9.01. The average molecular weight is 411 g/mol. The first kappa shape index (κ1) is 19.6. The van der Waals surface area contributed by atoms with Gasteiger partial charge in [-0.1, -0.05) is 44.5 Å². The number of fused-ring (bicyclic) bond motifs is 2.